The second kappa shape index (κ2) is 9.27. The summed E-state index contributed by atoms with van der Waals surface area (Å²) in [7, 11) is -1.19. The summed E-state index contributed by atoms with van der Waals surface area (Å²) >= 11 is 0. The zero-order valence-electron chi connectivity index (χ0n) is 16.9. The predicted octanol–water partition coefficient (Wildman–Crippen LogP) is 3.83. The molecule has 5 N–H and O–H groups in total. The molecule has 1 aliphatic carbocycles. The number of hydrogen-bond donors (Lipinski definition) is 4. The van der Waals surface area contributed by atoms with Crippen LogP contribution in [0, 0.1) is 5.92 Å². The number of unbranched alkanes of at least 4 members (excludes halogenated alkanes) is 1. The summed E-state index contributed by atoms with van der Waals surface area (Å²) in [6.45, 7) is 0.878. The average Bonchev–Trinajstić information content (AvgIpc) is 2.69. The molecule has 0 radical (unpaired) electrons. The maximum Gasteiger partial charge on any atom is 0.451 e. The lowest BCUT2D eigenvalue weighted by molar-refractivity contribution is 0.181. The fourth-order valence-electron chi connectivity index (χ4n) is 4.67. The summed E-state index contributed by atoms with van der Waals surface area (Å²) in [4.78, 5) is 0. The Morgan fingerprint density at radius 2 is 1.59 bits per heavy atom. The Labute approximate surface area is 173 Å². The van der Waals surface area contributed by atoms with Crippen molar-refractivity contribution in [3.8, 4) is 0 Å². The third-order valence-electron chi connectivity index (χ3n) is 6.48. The van der Waals surface area contributed by atoms with E-state index in [0.717, 1.165) is 38.6 Å². The van der Waals surface area contributed by atoms with Crippen molar-refractivity contribution < 1.29 is 10.0 Å². The third-order valence-corrected chi connectivity index (χ3v) is 6.48. The Bertz CT molecular complexity index is 902. The van der Waals surface area contributed by atoms with Gasteiger partial charge in [0.15, 0.2) is 0 Å². The SMILES string of the molecule is NC(CCCCB(O)O)C1CC(NCc2c3ccccc3cc3ccccc23)C1. The van der Waals surface area contributed by atoms with Crippen molar-refractivity contribution in [2.45, 2.75) is 57.1 Å². The molecule has 5 heteroatoms. The van der Waals surface area contributed by atoms with Crippen molar-refractivity contribution in [2.75, 3.05) is 0 Å². The van der Waals surface area contributed by atoms with E-state index < -0.39 is 7.12 Å². The lowest BCUT2D eigenvalue weighted by Crippen LogP contribution is -2.48. The van der Waals surface area contributed by atoms with E-state index in [1.807, 2.05) is 0 Å². The molecule has 4 nitrogen and oxygen atoms in total. The zero-order chi connectivity index (χ0) is 20.2. The summed E-state index contributed by atoms with van der Waals surface area (Å²) in [5, 5.41) is 26.9. The van der Waals surface area contributed by atoms with E-state index >= 15 is 0 Å². The van der Waals surface area contributed by atoms with Gasteiger partial charge in [0.25, 0.3) is 0 Å². The molecule has 152 valence electrons. The van der Waals surface area contributed by atoms with Crippen molar-refractivity contribution in [2.24, 2.45) is 11.7 Å². The molecule has 3 aromatic rings. The van der Waals surface area contributed by atoms with Crippen molar-refractivity contribution in [3.63, 3.8) is 0 Å². The lowest BCUT2D eigenvalue weighted by atomic mass is 9.74. The van der Waals surface area contributed by atoms with Gasteiger partial charge in [-0.2, -0.15) is 0 Å². The van der Waals surface area contributed by atoms with Crippen LogP contribution in [0.25, 0.3) is 21.5 Å². The van der Waals surface area contributed by atoms with Crippen molar-refractivity contribution >= 4 is 28.7 Å². The molecule has 0 aliphatic heterocycles. The molecule has 1 atom stereocenters. The minimum atomic E-state index is -1.19. The zero-order valence-corrected chi connectivity index (χ0v) is 16.9. The Morgan fingerprint density at radius 1 is 0.966 bits per heavy atom. The van der Waals surface area contributed by atoms with E-state index in [9.17, 15) is 0 Å². The largest absolute Gasteiger partial charge is 0.451 e. The minimum Gasteiger partial charge on any atom is -0.427 e. The van der Waals surface area contributed by atoms with Gasteiger partial charge in [-0.3, -0.25) is 0 Å². The highest BCUT2D eigenvalue weighted by atomic mass is 16.4. The van der Waals surface area contributed by atoms with Crippen molar-refractivity contribution in [1.29, 1.82) is 0 Å². The first kappa shape index (κ1) is 20.4. The van der Waals surface area contributed by atoms with Gasteiger partial charge >= 0.3 is 7.12 Å². The quantitative estimate of drug-likeness (QED) is 0.254. The van der Waals surface area contributed by atoms with Crippen LogP contribution in [0.2, 0.25) is 6.32 Å². The number of benzene rings is 3. The second-order valence-corrected chi connectivity index (χ2v) is 8.54. The van der Waals surface area contributed by atoms with E-state index in [4.69, 9.17) is 15.8 Å². The highest BCUT2D eigenvalue weighted by molar-refractivity contribution is 6.40. The molecule has 0 saturated heterocycles. The second-order valence-electron chi connectivity index (χ2n) is 8.54. The van der Waals surface area contributed by atoms with Crippen LogP contribution in [-0.2, 0) is 6.54 Å². The molecule has 0 aromatic heterocycles. The number of nitrogens with one attached hydrogen (secondary N) is 1. The molecule has 0 spiro atoms. The van der Waals surface area contributed by atoms with Gasteiger partial charge in [0.05, 0.1) is 0 Å². The minimum absolute atomic E-state index is 0.224. The molecule has 1 unspecified atom stereocenters. The number of fused-ring (bicyclic) bond motifs is 2. The number of rotatable bonds is 9. The smallest absolute Gasteiger partial charge is 0.427 e. The van der Waals surface area contributed by atoms with Gasteiger partial charge < -0.3 is 21.1 Å². The fraction of sp³-hybridized carbons (Fsp3) is 0.417. The summed E-state index contributed by atoms with van der Waals surface area (Å²) in [5.74, 6) is 0.579. The normalized spacial score (nSPS) is 20.0. The highest BCUT2D eigenvalue weighted by Crippen LogP contribution is 2.33. The third kappa shape index (κ3) is 4.81. The molecular formula is C24H31BN2O2. The van der Waals surface area contributed by atoms with Gasteiger partial charge in [-0.05, 0) is 64.7 Å². The van der Waals surface area contributed by atoms with Crippen LogP contribution in [0.4, 0.5) is 0 Å². The van der Waals surface area contributed by atoms with Crippen LogP contribution in [0.3, 0.4) is 0 Å². The summed E-state index contributed by atoms with van der Waals surface area (Å²) in [5.41, 5.74) is 7.74. The molecule has 3 aromatic carbocycles. The van der Waals surface area contributed by atoms with E-state index in [1.165, 1.54) is 27.1 Å². The van der Waals surface area contributed by atoms with Crippen molar-refractivity contribution in [3.05, 3.63) is 60.2 Å². The van der Waals surface area contributed by atoms with Gasteiger partial charge in [0, 0.05) is 18.6 Å². The summed E-state index contributed by atoms with van der Waals surface area (Å²) in [6.07, 6.45) is 5.47. The maximum absolute atomic E-state index is 8.92. The Kier molecular flexibility index (Phi) is 6.51. The Hall–Kier alpha value is -1.92. The Morgan fingerprint density at radius 3 is 2.21 bits per heavy atom. The molecular weight excluding hydrogens is 359 g/mol. The van der Waals surface area contributed by atoms with E-state index in [2.05, 4.69) is 59.9 Å². The van der Waals surface area contributed by atoms with E-state index in [-0.39, 0.29) is 6.04 Å². The monoisotopic (exact) mass is 390 g/mol. The Balaban J connectivity index is 1.34. The number of hydrogen-bond acceptors (Lipinski definition) is 4. The fourth-order valence-corrected chi connectivity index (χ4v) is 4.67. The maximum atomic E-state index is 8.92. The summed E-state index contributed by atoms with van der Waals surface area (Å²) in [6, 6.07) is 20.3. The van der Waals surface area contributed by atoms with Crippen LogP contribution in [0.1, 0.15) is 37.7 Å². The summed E-state index contributed by atoms with van der Waals surface area (Å²) < 4.78 is 0. The topological polar surface area (TPSA) is 78.5 Å². The van der Waals surface area contributed by atoms with Gasteiger partial charge in [-0.1, -0.05) is 61.4 Å². The molecule has 4 rings (SSSR count). The first-order chi connectivity index (χ1) is 14.1. The number of nitrogens with two attached hydrogens (primary N) is 1. The van der Waals surface area contributed by atoms with Gasteiger partial charge in [0.2, 0.25) is 0 Å². The van der Waals surface area contributed by atoms with Gasteiger partial charge in [-0.15, -0.1) is 0 Å². The van der Waals surface area contributed by atoms with E-state index in [0.29, 0.717) is 18.3 Å². The van der Waals surface area contributed by atoms with Crippen molar-refractivity contribution in [1.82, 2.24) is 5.32 Å². The lowest BCUT2D eigenvalue weighted by Gasteiger charge is -2.40. The first-order valence-electron chi connectivity index (χ1n) is 10.9. The van der Waals surface area contributed by atoms with E-state index in [1.54, 1.807) is 0 Å². The standard InChI is InChI=1S/C24H31BN2O2/c26-24(11-5-6-12-25(28)29)19-14-20(15-19)27-16-23-21-9-3-1-7-17(21)13-18-8-2-4-10-22(18)23/h1-4,7-10,13,19-20,24,27-29H,5-6,11-12,14-16,26H2. The van der Waals surface area contributed by atoms with Crippen LogP contribution in [0.5, 0.6) is 0 Å². The molecule has 29 heavy (non-hydrogen) atoms. The molecule has 1 saturated carbocycles. The molecule has 0 amide bonds. The highest BCUT2D eigenvalue weighted by Gasteiger charge is 2.32. The average molecular weight is 390 g/mol. The molecule has 0 bridgehead atoms. The molecule has 1 fully saturated rings. The predicted molar refractivity (Wildman–Crippen MR) is 122 cm³/mol. The van der Waals surface area contributed by atoms with Gasteiger partial charge in [0.1, 0.15) is 0 Å². The molecule has 0 heterocycles. The van der Waals surface area contributed by atoms with Gasteiger partial charge in [-0.25, -0.2) is 0 Å². The molecule has 1 aliphatic rings. The first-order valence-corrected chi connectivity index (χ1v) is 10.9. The van der Waals surface area contributed by atoms with Crippen LogP contribution < -0.4 is 11.1 Å². The van der Waals surface area contributed by atoms with Crippen LogP contribution in [-0.4, -0.2) is 29.3 Å². The van der Waals surface area contributed by atoms with Crippen LogP contribution in [0.15, 0.2) is 54.6 Å². The van der Waals surface area contributed by atoms with Crippen LogP contribution >= 0.6 is 0 Å².